The summed E-state index contributed by atoms with van der Waals surface area (Å²) in [7, 11) is 0. The van der Waals surface area contributed by atoms with Gasteiger partial charge >= 0.3 is 12.1 Å². The van der Waals surface area contributed by atoms with E-state index in [-0.39, 0.29) is 25.2 Å². The van der Waals surface area contributed by atoms with Crippen LogP contribution < -0.4 is 4.74 Å². The fourth-order valence-electron chi connectivity index (χ4n) is 4.35. The second-order valence-electron chi connectivity index (χ2n) is 9.65. The first kappa shape index (κ1) is 35.2. The Kier molecular flexibility index (Phi) is 14.1. The van der Waals surface area contributed by atoms with Gasteiger partial charge in [0.15, 0.2) is 0 Å². The molecule has 0 heterocycles. The van der Waals surface area contributed by atoms with Crippen molar-refractivity contribution in [2.24, 2.45) is 11.8 Å². The summed E-state index contributed by atoms with van der Waals surface area (Å²) in [6, 6.07) is 4.23. The molecule has 2 rings (SSSR count). The lowest BCUT2D eigenvalue weighted by Gasteiger charge is -2.19. The maximum atomic E-state index is 12.9. The van der Waals surface area contributed by atoms with Crippen LogP contribution in [0.4, 0.5) is 13.2 Å². The van der Waals surface area contributed by atoms with Gasteiger partial charge in [-0.2, -0.15) is 13.2 Å². The lowest BCUT2D eigenvalue weighted by atomic mass is 9.89. The molecule has 17 heteroatoms. The highest BCUT2D eigenvalue weighted by molar-refractivity contribution is 5.69. The van der Waals surface area contributed by atoms with Crippen molar-refractivity contribution in [2.45, 2.75) is 62.7 Å². The highest BCUT2D eigenvalue weighted by atomic mass is 19.4. The smallest absolute Gasteiger partial charge is 0.416 e. The Bertz CT molecular complexity index is 1100. The molecule has 0 saturated heterocycles. The van der Waals surface area contributed by atoms with Gasteiger partial charge in [0, 0.05) is 18.8 Å². The summed E-state index contributed by atoms with van der Waals surface area (Å²) in [5.74, 6) is -1.75. The van der Waals surface area contributed by atoms with E-state index in [9.17, 15) is 53.5 Å². The highest BCUT2D eigenvalue weighted by Crippen LogP contribution is 2.36. The molecule has 5 atom stereocenters. The Labute approximate surface area is 243 Å². The molecule has 1 fully saturated rings. The fourth-order valence-corrected chi connectivity index (χ4v) is 4.35. The number of carbonyl (C=O) groups excluding carboxylic acids is 1. The number of nitrogens with zero attached hydrogens (tertiary/aromatic N) is 2. The van der Waals surface area contributed by atoms with Crippen molar-refractivity contribution in [1.82, 2.24) is 0 Å². The van der Waals surface area contributed by atoms with Gasteiger partial charge in [-0.05, 0) is 43.4 Å². The quantitative estimate of drug-likeness (QED) is 0.0712. The Hall–Kier alpha value is -3.96. The van der Waals surface area contributed by atoms with E-state index in [0.29, 0.717) is 19.3 Å². The van der Waals surface area contributed by atoms with Gasteiger partial charge in [-0.3, -0.25) is 4.79 Å². The summed E-state index contributed by atoms with van der Waals surface area (Å²) < 4.78 is 48.7. The summed E-state index contributed by atoms with van der Waals surface area (Å²) in [5, 5.41) is 49.3. The number of aliphatic hydroxyl groups excluding tert-OH is 3. The van der Waals surface area contributed by atoms with E-state index in [2.05, 4.69) is 9.68 Å². The number of ether oxygens (including phenoxy) is 2. The average molecular weight is 623 g/mol. The highest BCUT2D eigenvalue weighted by Gasteiger charge is 2.39. The van der Waals surface area contributed by atoms with Crippen LogP contribution in [0, 0.1) is 32.1 Å². The minimum Gasteiger partial charge on any atom is -0.491 e. The molecule has 1 aromatic carbocycles. The Morgan fingerprint density at radius 1 is 1.07 bits per heavy atom. The number of halogens is 3. The van der Waals surface area contributed by atoms with E-state index < -0.39 is 77.3 Å². The molecule has 1 aliphatic carbocycles. The van der Waals surface area contributed by atoms with Crippen molar-refractivity contribution in [2.75, 3.05) is 19.8 Å². The molecule has 0 unspecified atom stereocenters. The number of alkyl halides is 3. The zero-order chi connectivity index (χ0) is 32.0. The molecule has 3 N–H and O–H groups in total. The summed E-state index contributed by atoms with van der Waals surface area (Å²) in [4.78, 5) is 40.8. The summed E-state index contributed by atoms with van der Waals surface area (Å²) >= 11 is 0. The second-order valence-corrected chi connectivity index (χ2v) is 9.65. The third kappa shape index (κ3) is 13.3. The van der Waals surface area contributed by atoms with Gasteiger partial charge in [-0.25, -0.2) is 0 Å². The molecule has 1 aliphatic rings. The number of carbonyl (C=O) groups is 1. The molecule has 43 heavy (non-hydrogen) atoms. The van der Waals surface area contributed by atoms with E-state index in [0.717, 1.165) is 12.1 Å². The topological polar surface area (TPSA) is 201 Å². The number of rotatable bonds is 18. The van der Waals surface area contributed by atoms with Crippen molar-refractivity contribution in [3.8, 4) is 5.75 Å². The van der Waals surface area contributed by atoms with Crippen molar-refractivity contribution >= 4 is 5.97 Å². The molecule has 0 spiro atoms. The molecule has 0 aliphatic heterocycles. The normalized spacial score (nSPS) is 21.3. The van der Waals surface area contributed by atoms with Crippen LogP contribution in [0.2, 0.25) is 0 Å². The molecule has 1 aromatic rings. The largest absolute Gasteiger partial charge is 0.491 e. The number of hydrogen-bond donors (Lipinski definition) is 3. The summed E-state index contributed by atoms with van der Waals surface area (Å²) in [5.41, 5.74) is -0.886. The van der Waals surface area contributed by atoms with Gasteiger partial charge < -0.3 is 34.5 Å². The number of aliphatic hydroxyl groups is 3. The molecule has 0 amide bonds. The van der Waals surface area contributed by atoms with Gasteiger partial charge in [-0.15, -0.1) is 20.2 Å². The number of benzene rings is 1. The molecule has 1 saturated carbocycles. The monoisotopic (exact) mass is 622 g/mol. The lowest BCUT2D eigenvalue weighted by molar-refractivity contribution is -0.768. The minimum absolute atomic E-state index is 0.0672. The van der Waals surface area contributed by atoms with E-state index in [1.165, 1.54) is 24.3 Å². The van der Waals surface area contributed by atoms with Crippen LogP contribution >= 0.6 is 0 Å². The maximum absolute atomic E-state index is 12.9. The molecular formula is C26H33F3N2O12. The maximum Gasteiger partial charge on any atom is 0.416 e. The number of esters is 1. The second kappa shape index (κ2) is 17.2. The zero-order valence-corrected chi connectivity index (χ0v) is 22.8. The standard InChI is InChI=1S/C26H33F3N2O12/c27-26(28,29)17-6-5-7-19(12-17)40-14-18(32)10-11-22-21(23(33)13-24(22)34)8-3-1-2-4-9-25(35)43-20(15-41-30(36)37)16-42-31(38)39/h1,3,5-7,10-12,18,20-24,32-34H,2,4,8-9,13-16H2/t18-,21-,22-,23+,24-/m1/s1. The van der Waals surface area contributed by atoms with Crippen molar-refractivity contribution in [3.63, 3.8) is 0 Å². The Balaban J connectivity index is 1.79. The van der Waals surface area contributed by atoms with Crippen LogP contribution in [0.15, 0.2) is 48.6 Å². The van der Waals surface area contributed by atoms with Crippen LogP contribution in [-0.4, -0.2) is 75.7 Å². The van der Waals surface area contributed by atoms with Gasteiger partial charge in [-0.1, -0.05) is 30.4 Å². The average Bonchev–Trinajstić information content (AvgIpc) is 3.20. The number of unbranched alkanes of at least 4 members (excludes halogenated alkanes) is 1. The van der Waals surface area contributed by atoms with Gasteiger partial charge in [0.1, 0.15) is 37.8 Å². The third-order valence-corrected chi connectivity index (χ3v) is 6.41. The fraction of sp³-hybridized carbons (Fsp3) is 0.577. The van der Waals surface area contributed by atoms with E-state index in [4.69, 9.17) is 9.47 Å². The predicted octanol–water partition coefficient (Wildman–Crippen LogP) is 2.80. The van der Waals surface area contributed by atoms with Crippen LogP contribution in [0.1, 0.15) is 37.7 Å². The first-order valence-electron chi connectivity index (χ1n) is 13.2. The van der Waals surface area contributed by atoms with Crippen LogP contribution in [-0.2, 0) is 25.4 Å². The summed E-state index contributed by atoms with van der Waals surface area (Å²) in [6.45, 7) is -1.81. The van der Waals surface area contributed by atoms with Gasteiger partial charge in [0.05, 0.1) is 17.8 Å². The van der Waals surface area contributed by atoms with Crippen LogP contribution in [0.3, 0.4) is 0 Å². The Morgan fingerprint density at radius 3 is 2.37 bits per heavy atom. The van der Waals surface area contributed by atoms with Gasteiger partial charge in [0.2, 0.25) is 0 Å². The first-order valence-corrected chi connectivity index (χ1v) is 13.2. The molecule has 0 aromatic heterocycles. The predicted molar refractivity (Wildman–Crippen MR) is 139 cm³/mol. The third-order valence-electron chi connectivity index (χ3n) is 6.41. The molecular weight excluding hydrogens is 589 g/mol. The SMILES string of the molecule is O=C(CCCC=CC[C@@H]1[C@@H](C=C[C@@H](O)COc2cccc(C(F)(F)F)c2)[C@H](O)C[C@@H]1O)OC(CO[N+](=O)[O-])CO[N+](=O)[O-]. The van der Waals surface area contributed by atoms with Crippen molar-refractivity contribution < 1.29 is 62.6 Å². The summed E-state index contributed by atoms with van der Waals surface area (Å²) in [6.07, 6.45) is -1.33. The molecule has 14 nitrogen and oxygen atoms in total. The minimum atomic E-state index is -4.54. The van der Waals surface area contributed by atoms with E-state index in [1.54, 1.807) is 12.2 Å². The number of hydrogen-bond acceptors (Lipinski definition) is 12. The van der Waals surface area contributed by atoms with E-state index in [1.807, 2.05) is 0 Å². The lowest BCUT2D eigenvalue weighted by Crippen LogP contribution is -2.30. The molecule has 0 bridgehead atoms. The molecule has 240 valence electrons. The zero-order valence-electron chi connectivity index (χ0n) is 22.8. The Morgan fingerprint density at radius 2 is 1.74 bits per heavy atom. The molecule has 0 radical (unpaired) electrons. The van der Waals surface area contributed by atoms with Crippen LogP contribution in [0.5, 0.6) is 5.75 Å². The van der Waals surface area contributed by atoms with Gasteiger partial charge in [0.25, 0.3) is 10.2 Å². The first-order chi connectivity index (χ1) is 20.3. The van der Waals surface area contributed by atoms with Crippen LogP contribution in [0.25, 0.3) is 0 Å². The van der Waals surface area contributed by atoms with Crippen molar-refractivity contribution in [3.05, 3.63) is 74.4 Å². The number of allylic oxidation sites excluding steroid dienone is 2. The van der Waals surface area contributed by atoms with Crippen molar-refractivity contribution in [1.29, 1.82) is 0 Å². The van der Waals surface area contributed by atoms with E-state index >= 15 is 0 Å².